The summed E-state index contributed by atoms with van der Waals surface area (Å²) < 4.78 is 5.12. The van der Waals surface area contributed by atoms with Crippen molar-refractivity contribution in [2.75, 3.05) is 7.11 Å². The molecule has 0 unspecified atom stereocenters. The fourth-order valence-electron chi connectivity index (χ4n) is 1.86. The van der Waals surface area contributed by atoms with E-state index in [-0.39, 0.29) is 0 Å². The molecular weight excluding hydrogens is 368 g/mol. The summed E-state index contributed by atoms with van der Waals surface area (Å²) in [4.78, 5) is 0. The molecule has 170 valence electrons. The minimum atomic E-state index is 0.368. The number of aromatic hydroxyl groups is 1. The third-order valence-electron chi connectivity index (χ3n) is 3.07. The van der Waals surface area contributed by atoms with Crippen molar-refractivity contribution in [3.05, 3.63) is 72.3 Å². The number of methoxy groups -OCH3 is 1. The van der Waals surface area contributed by atoms with E-state index in [0.717, 1.165) is 11.3 Å². The van der Waals surface area contributed by atoms with Crippen molar-refractivity contribution in [2.24, 2.45) is 0 Å². The van der Waals surface area contributed by atoms with Crippen LogP contribution in [-0.2, 0) is 0 Å². The number of phenols is 1. The van der Waals surface area contributed by atoms with Gasteiger partial charge in [0.1, 0.15) is 11.5 Å². The van der Waals surface area contributed by atoms with Crippen LogP contribution in [0.15, 0.2) is 66.7 Å². The Morgan fingerprint density at radius 2 is 1.10 bits per heavy atom. The maximum Gasteiger partial charge on any atom is 0.119 e. The molecule has 0 radical (unpaired) electrons. The molecule has 1 N–H and O–H groups in total. The summed E-state index contributed by atoms with van der Waals surface area (Å²) in [6.07, 6.45) is 2.50. The summed E-state index contributed by atoms with van der Waals surface area (Å²) in [5.41, 5.74) is 0.924. The molecule has 0 spiro atoms. The van der Waals surface area contributed by atoms with Crippen LogP contribution in [-0.4, -0.2) is 12.2 Å². The molecule has 2 nitrogen and oxygen atoms in total. The molecule has 0 aromatic heterocycles. The third-order valence-corrected chi connectivity index (χ3v) is 3.07. The van der Waals surface area contributed by atoms with E-state index >= 15 is 0 Å². The largest absolute Gasteiger partial charge is 0.508 e. The fraction of sp³-hybridized carbons (Fsp3) is 0.429. The van der Waals surface area contributed by atoms with Crippen molar-refractivity contribution in [3.8, 4) is 11.5 Å². The van der Waals surface area contributed by atoms with Crippen molar-refractivity contribution in [3.63, 3.8) is 0 Å². The zero-order valence-corrected chi connectivity index (χ0v) is 21.1. The molecule has 0 bridgehead atoms. The molecule has 0 aliphatic heterocycles. The van der Waals surface area contributed by atoms with Gasteiger partial charge in [-0.15, -0.1) is 0 Å². The van der Waals surface area contributed by atoms with Gasteiger partial charge in [-0.3, -0.25) is 0 Å². The molecule has 3 aromatic carbocycles. The Morgan fingerprint density at radius 3 is 1.50 bits per heavy atom. The summed E-state index contributed by atoms with van der Waals surface area (Å²) in [6, 6.07) is 21.6. The van der Waals surface area contributed by atoms with Gasteiger partial charge in [0.05, 0.1) is 7.11 Å². The first-order valence-electron chi connectivity index (χ1n) is 11.3. The van der Waals surface area contributed by atoms with Crippen LogP contribution < -0.4 is 4.74 Å². The Labute approximate surface area is 186 Å². The molecule has 3 aromatic rings. The molecular formula is C28H46O2. The van der Waals surface area contributed by atoms with Crippen molar-refractivity contribution in [1.29, 1.82) is 0 Å². The molecule has 0 aliphatic carbocycles. The molecule has 0 amide bonds. The van der Waals surface area contributed by atoms with Crippen molar-refractivity contribution in [1.82, 2.24) is 0 Å². The van der Waals surface area contributed by atoms with Crippen LogP contribution >= 0.6 is 0 Å². The van der Waals surface area contributed by atoms with E-state index in [4.69, 9.17) is 9.84 Å². The lowest BCUT2D eigenvalue weighted by molar-refractivity contribution is 0.415. The fourth-order valence-corrected chi connectivity index (χ4v) is 1.86. The van der Waals surface area contributed by atoms with E-state index in [2.05, 4.69) is 45.9 Å². The maximum absolute atomic E-state index is 8.92. The third kappa shape index (κ3) is 16.5. The molecule has 2 heteroatoms. The second-order valence-corrected chi connectivity index (χ2v) is 5.91. The van der Waals surface area contributed by atoms with E-state index in [0.29, 0.717) is 5.75 Å². The first kappa shape index (κ1) is 32.2. The molecule has 0 saturated heterocycles. The Morgan fingerprint density at radius 1 is 0.667 bits per heavy atom. The van der Waals surface area contributed by atoms with Gasteiger partial charge >= 0.3 is 0 Å². The van der Waals surface area contributed by atoms with Gasteiger partial charge in [0.15, 0.2) is 0 Å². The predicted octanol–water partition coefficient (Wildman–Crippen LogP) is 9.43. The Hall–Kier alpha value is -2.48. The Kier molecular flexibility index (Phi) is 26.4. The molecule has 0 heterocycles. The van der Waals surface area contributed by atoms with Gasteiger partial charge in [0.2, 0.25) is 0 Å². The highest BCUT2D eigenvalue weighted by Crippen LogP contribution is 2.19. The van der Waals surface area contributed by atoms with E-state index in [1.165, 1.54) is 23.6 Å². The van der Waals surface area contributed by atoms with Crippen molar-refractivity contribution >= 4 is 10.8 Å². The SMILES string of the molecule is CC.CC.CCC.CCC.COc1ccc2ccccc2c1.Cc1ccccc1O. The zero-order valence-electron chi connectivity index (χ0n) is 21.1. The first-order valence-corrected chi connectivity index (χ1v) is 11.3. The minimum Gasteiger partial charge on any atom is -0.508 e. The molecule has 0 atom stereocenters. The van der Waals surface area contributed by atoms with Crippen molar-refractivity contribution in [2.45, 2.75) is 75.2 Å². The second-order valence-electron chi connectivity index (χ2n) is 5.91. The lowest BCUT2D eigenvalue weighted by Crippen LogP contribution is -1.81. The van der Waals surface area contributed by atoms with Gasteiger partial charge in [-0.05, 0) is 41.5 Å². The summed E-state index contributed by atoms with van der Waals surface area (Å²) in [5, 5.41) is 11.4. The highest BCUT2D eigenvalue weighted by Gasteiger charge is 1.93. The van der Waals surface area contributed by atoms with Gasteiger partial charge in [-0.25, -0.2) is 0 Å². The lowest BCUT2D eigenvalue weighted by atomic mass is 10.1. The normalized spacial score (nSPS) is 8.07. The average Bonchev–Trinajstić information content (AvgIpc) is 2.80. The number of aryl methyl sites for hydroxylation is 1. The van der Waals surface area contributed by atoms with Crippen LogP contribution in [0.2, 0.25) is 0 Å². The van der Waals surface area contributed by atoms with Crippen LogP contribution in [0.5, 0.6) is 11.5 Å². The van der Waals surface area contributed by atoms with Crippen molar-refractivity contribution < 1.29 is 9.84 Å². The Bertz CT molecular complexity index is 697. The van der Waals surface area contributed by atoms with Crippen LogP contribution in [0.25, 0.3) is 10.8 Å². The average molecular weight is 415 g/mol. The molecule has 0 aliphatic rings. The number of rotatable bonds is 1. The molecule has 0 saturated carbocycles. The molecule has 0 fully saturated rings. The van der Waals surface area contributed by atoms with Gasteiger partial charge in [-0.1, -0.05) is 117 Å². The number of fused-ring (bicyclic) bond motifs is 1. The summed E-state index contributed by atoms with van der Waals surface area (Å²) in [5.74, 6) is 1.28. The van der Waals surface area contributed by atoms with Gasteiger partial charge in [-0.2, -0.15) is 0 Å². The second kappa shape index (κ2) is 24.6. The quantitative estimate of drug-likeness (QED) is 0.429. The topological polar surface area (TPSA) is 29.5 Å². The Balaban J connectivity index is -0.000000352. The number of benzene rings is 3. The first-order chi connectivity index (χ1) is 14.5. The molecule has 30 heavy (non-hydrogen) atoms. The maximum atomic E-state index is 8.92. The van der Waals surface area contributed by atoms with Crippen LogP contribution in [0.4, 0.5) is 0 Å². The summed E-state index contributed by atoms with van der Waals surface area (Å²) in [7, 11) is 1.68. The smallest absolute Gasteiger partial charge is 0.119 e. The predicted molar refractivity (Wildman–Crippen MR) is 138 cm³/mol. The number of ether oxygens (including phenoxy) is 1. The number of para-hydroxylation sites is 1. The van der Waals surface area contributed by atoms with E-state index in [1.54, 1.807) is 13.2 Å². The van der Waals surface area contributed by atoms with E-state index in [9.17, 15) is 0 Å². The number of hydrogen-bond donors (Lipinski definition) is 1. The standard InChI is InChI=1S/C11H10O.C7H8O.2C3H8.2C2H6/c1-12-11-7-6-9-4-2-3-5-10(9)8-11;1-6-4-2-3-5-7(6)8;2*1-3-2;2*1-2/h2-8H,1H3;2-5,8H,1H3;2*3H2,1-2H3;2*1-2H3. The minimum absolute atomic E-state index is 0.368. The van der Waals surface area contributed by atoms with Gasteiger partial charge in [0, 0.05) is 0 Å². The van der Waals surface area contributed by atoms with Gasteiger partial charge < -0.3 is 9.84 Å². The van der Waals surface area contributed by atoms with E-state index in [1.807, 2.05) is 77.1 Å². The number of hydrogen-bond acceptors (Lipinski definition) is 2. The molecule has 3 rings (SSSR count). The monoisotopic (exact) mass is 414 g/mol. The highest BCUT2D eigenvalue weighted by molar-refractivity contribution is 5.83. The lowest BCUT2D eigenvalue weighted by Gasteiger charge is -2.00. The van der Waals surface area contributed by atoms with E-state index < -0.39 is 0 Å². The van der Waals surface area contributed by atoms with Crippen LogP contribution in [0.3, 0.4) is 0 Å². The highest BCUT2D eigenvalue weighted by atomic mass is 16.5. The van der Waals surface area contributed by atoms with Crippen LogP contribution in [0.1, 0.15) is 73.8 Å². The summed E-state index contributed by atoms with van der Waals surface area (Å²) in [6.45, 7) is 18.4. The zero-order chi connectivity index (χ0) is 23.8. The van der Waals surface area contributed by atoms with Gasteiger partial charge in [0.25, 0.3) is 0 Å². The number of phenolic OH excluding ortho intramolecular Hbond substituents is 1. The van der Waals surface area contributed by atoms with Crippen LogP contribution in [0, 0.1) is 6.92 Å². The summed E-state index contributed by atoms with van der Waals surface area (Å²) >= 11 is 0.